The molecule has 0 fully saturated rings. The monoisotopic (exact) mass is 386 g/mol. The van der Waals surface area contributed by atoms with E-state index in [4.69, 9.17) is 4.74 Å². The Labute approximate surface area is 151 Å². The highest BCUT2D eigenvalue weighted by molar-refractivity contribution is 5.83. The summed E-state index contributed by atoms with van der Waals surface area (Å²) >= 11 is 0. The van der Waals surface area contributed by atoms with Crippen molar-refractivity contribution in [3.05, 3.63) is 63.5 Å². The molecule has 4 nitrogen and oxygen atoms in total. The molecule has 0 unspecified atom stereocenters. The summed E-state index contributed by atoms with van der Waals surface area (Å²) < 4.78 is 71.4. The van der Waals surface area contributed by atoms with E-state index in [-0.39, 0.29) is 0 Å². The van der Waals surface area contributed by atoms with Crippen molar-refractivity contribution in [2.75, 3.05) is 6.61 Å². The molecule has 2 aromatic rings. The number of carbonyl (C=O) groups excluding carboxylic acids is 1. The highest BCUT2D eigenvalue weighted by atomic mass is 19.2. The first-order chi connectivity index (χ1) is 12.6. The molecule has 2 rings (SSSR count). The number of amides is 1. The molecule has 1 amide bonds. The van der Waals surface area contributed by atoms with Gasteiger partial charge in [-0.3, -0.25) is 4.79 Å². The van der Waals surface area contributed by atoms with E-state index in [1.54, 1.807) is 13.8 Å². The minimum absolute atomic E-state index is 0.330. The first-order valence-corrected chi connectivity index (χ1v) is 7.67. The number of nitrogens with one attached hydrogen (secondary N) is 1. The maximum absolute atomic E-state index is 13.5. The van der Waals surface area contributed by atoms with Crippen LogP contribution < -0.4 is 10.2 Å². The van der Waals surface area contributed by atoms with Crippen LogP contribution in [0.25, 0.3) is 0 Å². The molecule has 9 heteroatoms. The van der Waals surface area contributed by atoms with Crippen molar-refractivity contribution in [2.45, 2.75) is 20.8 Å². The minimum atomic E-state index is -2.27. The zero-order valence-electron chi connectivity index (χ0n) is 14.6. The zero-order chi connectivity index (χ0) is 20.3. The smallest absolute Gasteiger partial charge is 0.277 e. The third-order valence-electron chi connectivity index (χ3n) is 3.58. The average molecular weight is 386 g/mol. The number of hydrogen-bond donors (Lipinski definition) is 1. The fourth-order valence-electron chi connectivity index (χ4n) is 2.47. The summed E-state index contributed by atoms with van der Waals surface area (Å²) in [5, 5.41) is 3.21. The summed E-state index contributed by atoms with van der Waals surface area (Å²) in [7, 11) is 0. The lowest BCUT2D eigenvalue weighted by molar-refractivity contribution is -0.123. The number of aryl methyl sites for hydroxylation is 3. The second-order valence-corrected chi connectivity index (χ2v) is 5.79. The van der Waals surface area contributed by atoms with Crippen molar-refractivity contribution in [1.82, 2.24) is 5.43 Å². The minimum Gasteiger partial charge on any atom is -0.483 e. The molecule has 144 valence electrons. The van der Waals surface area contributed by atoms with Crippen LogP contribution in [-0.4, -0.2) is 18.7 Å². The van der Waals surface area contributed by atoms with Crippen molar-refractivity contribution in [2.24, 2.45) is 5.10 Å². The summed E-state index contributed by atoms with van der Waals surface area (Å²) in [4.78, 5) is 11.7. The number of rotatable bonds is 5. The molecular weight excluding hydrogens is 371 g/mol. The van der Waals surface area contributed by atoms with E-state index in [2.05, 4.69) is 5.10 Å². The predicted octanol–water partition coefficient (Wildman–Crippen LogP) is 3.84. The summed E-state index contributed by atoms with van der Waals surface area (Å²) in [5.74, 6) is -10.9. The molecule has 0 spiro atoms. The quantitative estimate of drug-likeness (QED) is 0.279. The Morgan fingerprint density at radius 2 is 1.44 bits per heavy atom. The summed E-state index contributed by atoms with van der Waals surface area (Å²) in [6.07, 6.45) is 0.330. The Kier molecular flexibility index (Phi) is 6.14. The van der Waals surface area contributed by atoms with Crippen LogP contribution in [0.5, 0.6) is 5.75 Å². The van der Waals surface area contributed by atoms with Gasteiger partial charge in [0.15, 0.2) is 29.9 Å². The number of halogens is 5. The Bertz CT molecular complexity index is 876. The van der Waals surface area contributed by atoms with Crippen LogP contribution in [-0.2, 0) is 4.79 Å². The third-order valence-corrected chi connectivity index (χ3v) is 3.58. The van der Waals surface area contributed by atoms with Crippen molar-refractivity contribution in [1.29, 1.82) is 0 Å². The van der Waals surface area contributed by atoms with Gasteiger partial charge in [-0.25, -0.2) is 27.4 Å². The maximum atomic E-state index is 13.5. The number of hydrogen-bond acceptors (Lipinski definition) is 3. The van der Waals surface area contributed by atoms with Gasteiger partial charge in [-0.05, 0) is 31.9 Å². The first kappa shape index (κ1) is 20.3. The van der Waals surface area contributed by atoms with Gasteiger partial charge in [0, 0.05) is 0 Å². The van der Waals surface area contributed by atoms with Crippen molar-refractivity contribution in [3.8, 4) is 5.75 Å². The molecule has 0 bridgehead atoms. The van der Waals surface area contributed by atoms with Crippen molar-refractivity contribution >= 4 is 12.1 Å². The normalized spacial score (nSPS) is 11.1. The van der Waals surface area contributed by atoms with Gasteiger partial charge >= 0.3 is 0 Å². The molecule has 0 heterocycles. The number of nitrogens with zero attached hydrogens (tertiary/aromatic N) is 1. The van der Waals surface area contributed by atoms with E-state index in [1.165, 1.54) is 0 Å². The molecule has 1 N–H and O–H groups in total. The molecular formula is C18H15F5N2O2. The molecule has 0 saturated heterocycles. The maximum Gasteiger partial charge on any atom is 0.277 e. The van der Waals surface area contributed by atoms with E-state index in [9.17, 15) is 26.7 Å². The van der Waals surface area contributed by atoms with Gasteiger partial charge in [-0.1, -0.05) is 17.7 Å². The van der Waals surface area contributed by atoms with Crippen molar-refractivity contribution in [3.63, 3.8) is 0 Å². The largest absolute Gasteiger partial charge is 0.483 e. The second-order valence-electron chi connectivity index (χ2n) is 5.79. The van der Waals surface area contributed by atoms with Crippen LogP contribution >= 0.6 is 0 Å². The van der Waals surface area contributed by atoms with Gasteiger partial charge in [0.05, 0.1) is 11.8 Å². The summed E-state index contributed by atoms with van der Waals surface area (Å²) in [5.41, 5.74) is 3.27. The number of hydrazone groups is 1. The lowest BCUT2D eigenvalue weighted by Crippen LogP contribution is -2.25. The van der Waals surface area contributed by atoms with Crippen LogP contribution in [0, 0.1) is 49.9 Å². The second kappa shape index (κ2) is 8.15. The molecule has 0 aliphatic rings. The summed E-state index contributed by atoms with van der Waals surface area (Å²) in [6.45, 7) is 5.05. The van der Waals surface area contributed by atoms with E-state index in [1.807, 2.05) is 24.5 Å². The highest BCUT2D eigenvalue weighted by Gasteiger charge is 2.24. The Morgan fingerprint density at radius 3 is 1.96 bits per heavy atom. The molecule has 0 atom stereocenters. The topological polar surface area (TPSA) is 50.7 Å². The van der Waals surface area contributed by atoms with E-state index >= 15 is 0 Å². The lowest BCUT2D eigenvalue weighted by Gasteiger charge is -2.12. The Morgan fingerprint density at radius 1 is 0.963 bits per heavy atom. The standard InChI is InChI=1S/C18H15F5N2O2/c1-8-4-9(2)18(10(3)5-8)27-7-12(26)25-24-6-11-13(19)15(21)17(23)16(22)14(11)20/h4-6H,7H2,1-3H3,(H,25,26)/b24-6+. The van der Waals surface area contributed by atoms with Gasteiger partial charge in [-0.15, -0.1) is 0 Å². The molecule has 0 saturated carbocycles. The van der Waals surface area contributed by atoms with Gasteiger partial charge in [-0.2, -0.15) is 5.10 Å². The zero-order valence-corrected chi connectivity index (χ0v) is 14.6. The van der Waals surface area contributed by atoms with Crippen LogP contribution in [0.3, 0.4) is 0 Å². The third kappa shape index (κ3) is 4.42. The molecule has 27 heavy (non-hydrogen) atoms. The van der Waals surface area contributed by atoms with Gasteiger partial charge < -0.3 is 4.74 Å². The predicted molar refractivity (Wildman–Crippen MR) is 88.1 cm³/mol. The molecule has 0 aromatic heterocycles. The van der Waals surface area contributed by atoms with Crippen LogP contribution in [0.4, 0.5) is 22.0 Å². The van der Waals surface area contributed by atoms with E-state index < -0.39 is 47.2 Å². The van der Waals surface area contributed by atoms with E-state index in [0.717, 1.165) is 16.7 Å². The van der Waals surface area contributed by atoms with E-state index in [0.29, 0.717) is 12.0 Å². The molecule has 2 aromatic carbocycles. The first-order valence-electron chi connectivity index (χ1n) is 7.67. The van der Waals surface area contributed by atoms with Gasteiger partial charge in [0.1, 0.15) is 5.75 Å². The number of carbonyl (C=O) groups is 1. The molecule has 0 radical (unpaired) electrons. The SMILES string of the molecule is Cc1cc(C)c(OCC(=O)N/N=C/c2c(F)c(F)c(F)c(F)c2F)c(C)c1. The molecule has 0 aliphatic carbocycles. The fraction of sp³-hybridized carbons (Fsp3) is 0.222. The summed E-state index contributed by atoms with van der Waals surface area (Å²) in [6, 6.07) is 3.73. The van der Waals surface area contributed by atoms with Crippen LogP contribution in [0.2, 0.25) is 0 Å². The highest BCUT2D eigenvalue weighted by Crippen LogP contribution is 2.24. The molecule has 0 aliphatic heterocycles. The van der Waals surface area contributed by atoms with Crippen LogP contribution in [0.15, 0.2) is 17.2 Å². The number of ether oxygens (including phenoxy) is 1. The van der Waals surface area contributed by atoms with Crippen molar-refractivity contribution < 1.29 is 31.5 Å². The Hall–Kier alpha value is -2.97. The lowest BCUT2D eigenvalue weighted by atomic mass is 10.1. The Balaban J connectivity index is 2.05. The fourth-order valence-corrected chi connectivity index (χ4v) is 2.47. The van der Waals surface area contributed by atoms with Crippen LogP contribution in [0.1, 0.15) is 22.3 Å². The van der Waals surface area contributed by atoms with Gasteiger partial charge in [0.25, 0.3) is 5.91 Å². The van der Waals surface area contributed by atoms with Gasteiger partial charge in [0.2, 0.25) is 5.82 Å². The number of benzene rings is 2. The average Bonchev–Trinajstić information content (AvgIpc) is 2.60.